The van der Waals surface area contributed by atoms with Crippen molar-refractivity contribution in [2.45, 2.75) is 24.3 Å². The minimum atomic E-state index is -3.77. The number of carbonyl (C=O) groups excluding carboxylic acids is 1. The van der Waals surface area contributed by atoms with Crippen LogP contribution in [0.5, 0.6) is 0 Å². The molecule has 0 unspecified atom stereocenters. The fraction of sp³-hybridized carbons (Fsp3) is 0.250. The highest BCUT2D eigenvalue weighted by atomic mass is 32.2. The first kappa shape index (κ1) is 19.5. The van der Waals surface area contributed by atoms with E-state index in [-0.39, 0.29) is 24.4 Å². The Balaban J connectivity index is 1.91. The maximum Gasteiger partial charge on any atom is 0.319 e. The number of urea groups is 1. The largest absolute Gasteiger partial charge is 0.481 e. The summed E-state index contributed by atoms with van der Waals surface area (Å²) in [5.74, 6) is -0.462. The summed E-state index contributed by atoms with van der Waals surface area (Å²) in [4.78, 5) is 22.1. The van der Waals surface area contributed by atoms with Crippen molar-refractivity contribution in [3.63, 3.8) is 0 Å². The van der Waals surface area contributed by atoms with E-state index < -0.39 is 22.0 Å². The number of amides is 2. The van der Waals surface area contributed by atoms with Crippen molar-refractivity contribution in [1.29, 1.82) is 0 Å². The van der Waals surface area contributed by atoms with E-state index >= 15 is 0 Å². The number of carboxylic acid groups (broad SMARTS) is 1. The third kappa shape index (κ3) is 6.22. The summed E-state index contributed by atoms with van der Waals surface area (Å²) in [6.07, 6.45) is 1.70. The second-order valence-electron chi connectivity index (χ2n) is 5.31. The minimum absolute atomic E-state index is 0.00673. The summed E-state index contributed by atoms with van der Waals surface area (Å²) in [7, 11) is -3.77. The number of carboxylic acids is 1. The van der Waals surface area contributed by atoms with Gasteiger partial charge in [-0.2, -0.15) is 0 Å². The lowest BCUT2D eigenvalue weighted by molar-refractivity contribution is -0.137. The molecule has 1 aromatic heterocycles. The maximum atomic E-state index is 12.3. The average Bonchev–Trinajstić information content (AvgIpc) is 3.11. The Bertz CT molecular complexity index is 849. The number of hydrogen-bond acceptors (Lipinski definition) is 5. The van der Waals surface area contributed by atoms with E-state index in [0.29, 0.717) is 17.9 Å². The highest BCUT2D eigenvalue weighted by Crippen LogP contribution is 2.16. The van der Waals surface area contributed by atoms with Crippen LogP contribution in [0.3, 0.4) is 0 Å². The first-order valence-corrected chi connectivity index (χ1v) is 9.24. The van der Waals surface area contributed by atoms with E-state index in [4.69, 9.17) is 9.52 Å². The highest BCUT2D eigenvalue weighted by molar-refractivity contribution is 7.89. The molecule has 0 aliphatic carbocycles. The van der Waals surface area contributed by atoms with Crippen molar-refractivity contribution in [3.8, 4) is 0 Å². The lowest BCUT2D eigenvalue weighted by Gasteiger charge is -2.10. The molecule has 0 saturated carbocycles. The summed E-state index contributed by atoms with van der Waals surface area (Å²) in [6, 6.07) is 8.53. The molecule has 2 aromatic rings. The molecule has 140 valence electrons. The number of furan rings is 1. The van der Waals surface area contributed by atoms with Gasteiger partial charge in [-0.15, -0.1) is 0 Å². The smallest absolute Gasteiger partial charge is 0.319 e. The molecule has 0 aliphatic heterocycles. The van der Waals surface area contributed by atoms with Gasteiger partial charge in [-0.1, -0.05) is 6.07 Å². The van der Waals surface area contributed by atoms with E-state index in [1.165, 1.54) is 24.5 Å². The lowest BCUT2D eigenvalue weighted by atomic mass is 10.3. The SMILES string of the molecule is O=C(O)CCCNC(=O)Nc1cccc(S(=O)(=O)NCc2ccco2)c1. The van der Waals surface area contributed by atoms with E-state index in [1.807, 2.05) is 0 Å². The molecule has 1 aromatic carbocycles. The quantitative estimate of drug-likeness (QED) is 0.488. The Morgan fingerprint density at radius 3 is 2.65 bits per heavy atom. The Labute approximate surface area is 150 Å². The van der Waals surface area contributed by atoms with Crippen LogP contribution in [0.1, 0.15) is 18.6 Å². The van der Waals surface area contributed by atoms with Crippen molar-refractivity contribution in [2.75, 3.05) is 11.9 Å². The van der Waals surface area contributed by atoms with Gasteiger partial charge in [0.05, 0.1) is 17.7 Å². The third-order valence-electron chi connectivity index (χ3n) is 3.27. The van der Waals surface area contributed by atoms with E-state index in [9.17, 15) is 18.0 Å². The number of hydrogen-bond donors (Lipinski definition) is 4. The van der Waals surface area contributed by atoms with Crippen LogP contribution in [-0.2, 0) is 21.4 Å². The van der Waals surface area contributed by atoms with Gasteiger partial charge in [0.15, 0.2) is 0 Å². The predicted octanol–water partition coefficient (Wildman–Crippen LogP) is 1.74. The average molecular weight is 381 g/mol. The van der Waals surface area contributed by atoms with Crippen LogP contribution in [-0.4, -0.2) is 32.1 Å². The van der Waals surface area contributed by atoms with Gasteiger partial charge in [0, 0.05) is 18.7 Å². The molecule has 0 aliphatic rings. The Morgan fingerprint density at radius 1 is 1.15 bits per heavy atom. The number of anilines is 1. The molecule has 0 spiro atoms. The molecule has 10 heteroatoms. The molecule has 9 nitrogen and oxygen atoms in total. The molecule has 1 heterocycles. The van der Waals surface area contributed by atoms with Crippen molar-refractivity contribution >= 4 is 27.7 Å². The molecular weight excluding hydrogens is 362 g/mol. The zero-order chi connectivity index (χ0) is 19.0. The van der Waals surface area contributed by atoms with Crippen LogP contribution >= 0.6 is 0 Å². The number of sulfonamides is 1. The summed E-state index contributed by atoms with van der Waals surface area (Å²) in [5, 5.41) is 13.5. The van der Waals surface area contributed by atoms with Gasteiger partial charge in [-0.3, -0.25) is 4.79 Å². The molecule has 2 amide bonds. The Morgan fingerprint density at radius 2 is 1.96 bits per heavy atom. The van der Waals surface area contributed by atoms with Crippen molar-refractivity contribution in [2.24, 2.45) is 0 Å². The van der Waals surface area contributed by atoms with Gasteiger partial charge in [0.2, 0.25) is 10.0 Å². The topological polar surface area (TPSA) is 138 Å². The van der Waals surface area contributed by atoms with Crippen molar-refractivity contribution in [1.82, 2.24) is 10.0 Å². The Kier molecular flexibility index (Phi) is 6.75. The standard InChI is InChI=1S/C16H19N3O6S/c20-15(21)7-2-8-17-16(22)19-12-4-1-6-14(10-12)26(23,24)18-11-13-5-3-9-25-13/h1,3-6,9-10,18H,2,7-8,11H2,(H,20,21)(H2,17,19,22). The van der Waals surface area contributed by atoms with Crippen LogP contribution in [0.25, 0.3) is 0 Å². The fourth-order valence-electron chi connectivity index (χ4n) is 2.02. The normalized spacial score (nSPS) is 11.1. The molecule has 0 fully saturated rings. The molecule has 4 N–H and O–H groups in total. The third-order valence-corrected chi connectivity index (χ3v) is 4.67. The van der Waals surface area contributed by atoms with Crippen LogP contribution in [0, 0.1) is 0 Å². The zero-order valence-electron chi connectivity index (χ0n) is 13.8. The zero-order valence-corrected chi connectivity index (χ0v) is 14.6. The van der Waals surface area contributed by atoms with Crippen LogP contribution in [0.15, 0.2) is 52.0 Å². The highest BCUT2D eigenvalue weighted by Gasteiger charge is 2.15. The van der Waals surface area contributed by atoms with Gasteiger partial charge in [-0.05, 0) is 36.8 Å². The summed E-state index contributed by atoms with van der Waals surface area (Å²) in [5.41, 5.74) is 0.293. The monoisotopic (exact) mass is 381 g/mol. The lowest BCUT2D eigenvalue weighted by Crippen LogP contribution is -2.30. The number of aliphatic carboxylic acids is 1. The summed E-state index contributed by atoms with van der Waals surface area (Å²) < 4.78 is 32.1. The molecule has 0 atom stereocenters. The number of nitrogens with one attached hydrogen (secondary N) is 3. The second-order valence-corrected chi connectivity index (χ2v) is 7.08. The predicted molar refractivity (Wildman–Crippen MR) is 93.1 cm³/mol. The van der Waals surface area contributed by atoms with Gasteiger partial charge in [0.25, 0.3) is 0 Å². The molecule has 0 bridgehead atoms. The molecule has 2 rings (SSSR count). The second kappa shape index (κ2) is 9.02. The van der Waals surface area contributed by atoms with Crippen molar-refractivity contribution < 1.29 is 27.5 Å². The number of benzene rings is 1. The molecule has 26 heavy (non-hydrogen) atoms. The van der Waals surface area contributed by atoms with Crippen LogP contribution in [0.4, 0.5) is 10.5 Å². The van der Waals surface area contributed by atoms with Crippen LogP contribution < -0.4 is 15.4 Å². The van der Waals surface area contributed by atoms with E-state index in [1.54, 1.807) is 18.2 Å². The Hall–Kier alpha value is -2.85. The first-order chi connectivity index (χ1) is 12.4. The molecule has 0 saturated heterocycles. The van der Waals surface area contributed by atoms with E-state index in [2.05, 4.69) is 15.4 Å². The number of rotatable bonds is 9. The minimum Gasteiger partial charge on any atom is -0.481 e. The van der Waals surface area contributed by atoms with Gasteiger partial charge < -0.3 is 20.2 Å². The first-order valence-electron chi connectivity index (χ1n) is 7.75. The molecule has 0 radical (unpaired) electrons. The van der Waals surface area contributed by atoms with Gasteiger partial charge in [-0.25, -0.2) is 17.9 Å². The van der Waals surface area contributed by atoms with E-state index in [0.717, 1.165) is 0 Å². The number of carbonyl (C=O) groups is 2. The summed E-state index contributed by atoms with van der Waals surface area (Å²) >= 11 is 0. The molecular formula is C16H19N3O6S. The fourth-order valence-corrected chi connectivity index (χ4v) is 3.06. The summed E-state index contributed by atoms with van der Waals surface area (Å²) in [6.45, 7) is 0.206. The van der Waals surface area contributed by atoms with Gasteiger partial charge in [0.1, 0.15) is 5.76 Å². The maximum absolute atomic E-state index is 12.3. The van der Waals surface area contributed by atoms with Crippen molar-refractivity contribution in [3.05, 3.63) is 48.4 Å². The van der Waals surface area contributed by atoms with Gasteiger partial charge >= 0.3 is 12.0 Å². The van der Waals surface area contributed by atoms with Crippen LogP contribution in [0.2, 0.25) is 0 Å².